The van der Waals surface area contributed by atoms with Crippen LogP contribution in [-0.4, -0.2) is 22.6 Å². The molecule has 26 heavy (non-hydrogen) atoms. The van der Waals surface area contributed by atoms with Crippen LogP contribution in [-0.2, 0) is 11.4 Å². The second kappa shape index (κ2) is 7.89. The molecule has 0 aromatic heterocycles. The third kappa shape index (κ3) is 4.13. The number of carbonyl (C=O) groups excluding carboxylic acids is 2. The number of carbonyl (C=O) groups is 2. The summed E-state index contributed by atoms with van der Waals surface area (Å²) in [7, 11) is 0. The Morgan fingerprint density at radius 1 is 1.12 bits per heavy atom. The number of nitrogens with zero attached hydrogens (tertiary/aromatic N) is 1. The van der Waals surface area contributed by atoms with E-state index >= 15 is 0 Å². The molecule has 0 spiro atoms. The minimum absolute atomic E-state index is 0.0296. The maximum Gasteiger partial charge on any atom is 0.294 e. The summed E-state index contributed by atoms with van der Waals surface area (Å²) in [5.74, 6) is 2.28. The van der Waals surface area contributed by atoms with Gasteiger partial charge in [0.15, 0.2) is 0 Å². The SMILES string of the molecule is C#CCN1C(=O)S/C(=C/c2ccc(OCc3ccc(F)cc3)cc2)C1=O. The number of ether oxygens (including phenoxy) is 1. The Kier molecular flexibility index (Phi) is 5.40. The summed E-state index contributed by atoms with van der Waals surface area (Å²) in [5, 5.41) is -0.363. The highest BCUT2D eigenvalue weighted by molar-refractivity contribution is 8.18. The lowest BCUT2D eigenvalue weighted by atomic mass is 10.2. The summed E-state index contributed by atoms with van der Waals surface area (Å²) in [4.78, 5) is 25.3. The first-order chi connectivity index (χ1) is 12.6. The van der Waals surface area contributed by atoms with Crippen molar-refractivity contribution in [2.75, 3.05) is 6.54 Å². The Labute approximate surface area is 154 Å². The van der Waals surface area contributed by atoms with Gasteiger partial charge in [-0.3, -0.25) is 14.5 Å². The number of rotatable bonds is 5. The van der Waals surface area contributed by atoms with E-state index in [1.807, 2.05) is 0 Å². The van der Waals surface area contributed by atoms with E-state index in [1.165, 1.54) is 12.1 Å². The van der Waals surface area contributed by atoms with Crippen LogP contribution in [0.15, 0.2) is 53.4 Å². The largest absolute Gasteiger partial charge is 0.489 e. The number of terminal acetylenes is 1. The van der Waals surface area contributed by atoms with Gasteiger partial charge in [-0.1, -0.05) is 30.2 Å². The lowest BCUT2D eigenvalue weighted by molar-refractivity contribution is -0.122. The number of hydrogen-bond acceptors (Lipinski definition) is 4. The van der Waals surface area contributed by atoms with Crippen molar-refractivity contribution in [2.24, 2.45) is 0 Å². The molecule has 2 aromatic rings. The van der Waals surface area contributed by atoms with Gasteiger partial charge in [0.1, 0.15) is 18.2 Å². The Morgan fingerprint density at radius 3 is 2.46 bits per heavy atom. The molecule has 1 aliphatic rings. The van der Waals surface area contributed by atoms with Gasteiger partial charge in [-0.25, -0.2) is 4.39 Å². The minimum Gasteiger partial charge on any atom is -0.489 e. The van der Waals surface area contributed by atoms with Crippen LogP contribution in [0.2, 0.25) is 0 Å². The van der Waals surface area contributed by atoms with E-state index in [0.29, 0.717) is 17.3 Å². The average molecular weight is 367 g/mol. The monoisotopic (exact) mass is 367 g/mol. The van der Waals surface area contributed by atoms with Gasteiger partial charge in [0.05, 0.1) is 11.4 Å². The first kappa shape index (κ1) is 17.8. The second-order valence-electron chi connectivity index (χ2n) is 5.46. The fraction of sp³-hybridized carbons (Fsp3) is 0.100. The maximum atomic E-state index is 12.9. The highest BCUT2D eigenvalue weighted by Gasteiger charge is 2.34. The van der Waals surface area contributed by atoms with E-state index in [4.69, 9.17) is 11.2 Å². The van der Waals surface area contributed by atoms with Crippen LogP contribution in [0.1, 0.15) is 11.1 Å². The predicted octanol–water partition coefficient (Wildman–Crippen LogP) is 4.07. The first-order valence-electron chi connectivity index (χ1n) is 7.73. The summed E-state index contributed by atoms with van der Waals surface area (Å²) in [6, 6.07) is 13.2. The smallest absolute Gasteiger partial charge is 0.294 e. The summed E-state index contributed by atoms with van der Waals surface area (Å²) < 4.78 is 18.5. The number of halogens is 1. The molecule has 3 rings (SSSR count). The van der Waals surface area contributed by atoms with Crippen LogP contribution in [0.25, 0.3) is 6.08 Å². The van der Waals surface area contributed by atoms with Gasteiger partial charge in [-0.05, 0) is 53.2 Å². The molecule has 1 fully saturated rings. The van der Waals surface area contributed by atoms with E-state index in [9.17, 15) is 14.0 Å². The molecular weight excluding hydrogens is 353 g/mol. The Morgan fingerprint density at radius 2 is 1.81 bits per heavy atom. The van der Waals surface area contributed by atoms with Gasteiger partial charge in [-0.15, -0.1) is 6.42 Å². The summed E-state index contributed by atoms with van der Waals surface area (Å²) in [6.45, 7) is 0.294. The molecule has 0 bridgehead atoms. The van der Waals surface area contributed by atoms with Crippen molar-refractivity contribution in [2.45, 2.75) is 6.61 Å². The Balaban J connectivity index is 1.64. The van der Waals surface area contributed by atoms with Crippen molar-refractivity contribution in [3.63, 3.8) is 0 Å². The van der Waals surface area contributed by atoms with E-state index < -0.39 is 0 Å². The zero-order chi connectivity index (χ0) is 18.5. The number of benzene rings is 2. The van der Waals surface area contributed by atoms with Crippen molar-refractivity contribution < 1.29 is 18.7 Å². The summed E-state index contributed by atoms with van der Waals surface area (Å²) in [6.07, 6.45) is 6.81. The number of amides is 2. The lowest BCUT2D eigenvalue weighted by Crippen LogP contribution is -2.28. The molecule has 0 atom stereocenters. The molecular formula is C20H14FNO3S. The highest BCUT2D eigenvalue weighted by atomic mass is 32.2. The third-order valence-corrected chi connectivity index (χ3v) is 4.53. The standard InChI is InChI=1S/C20H14FNO3S/c1-2-11-22-19(23)18(26-20(22)24)12-14-5-9-17(10-6-14)25-13-15-3-7-16(21)8-4-15/h1,3-10,12H,11,13H2/b18-12+. The van der Waals surface area contributed by atoms with E-state index in [2.05, 4.69) is 5.92 Å². The van der Waals surface area contributed by atoms with Gasteiger partial charge in [0, 0.05) is 0 Å². The van der Waals surface area contributed by atoms with Gasteiger partial charge in [-0.2, -0.15) is 0 Å². The van der Waals surface area contributed by atoms with E-state index in [1.54, 1.807) is 42.5 Å². The highest BCUT2D eigenvalue weighted by Crippen LogP contribution is 2.32. The average Bonchev–Trinajstić information content (AvgIpc) is 2.90. The number of hydrogen-bond donors (Lipinski definition) is 0. The van der Waals surface area contributed by atoms with Crippen molar-refractivity contribution in [3.8, 4) is 18.1 Å². The molecule has 1 heterocycles. The molecule has 0 N–H and O–H groups in total. The van der Waals surface area contributed by atoms with Crippen LogP contribution < -0.4 is 4.74 Å². The molecule has 130 valence electrons. The molecule has 2 aromatic carbocycles. The maximum absolute atomic E-state index is 12.9. The van der Waals surface area contributed by atoms with Crippen LogP contribution in [0.4, 0.5) is 9.18 Å². The van der Waals surface area contributed by atoms with Gasteiger partial charge >= 0.3 is 0 Å². The summed E-state index contributed by atoms with van der Waals surface area (Å²) >= 11 is 0.871. The molecule has 0 radical (unpaired) electrons. The Bertz CT molecular complexity index is 898. The second-order valence-corrected chi connectivity index (χ2v) is 6.45. The number of imide groups is 1. The molecule has 0 unspecified atom stereocenters. The third-order valence-electron chi connectivity index (χ3n) is 3.62. The van der Waals surface area contributed by atoms with Gasteiger partial charge in [0.2, 0.25) is 0 Å². The zero-order valence-electron chi connectivity index (χ0n) is 13.6. The molecule has 1 saturated heterocycles. The topological polar surface area (TPSA) is 46.6 Å². The van der Waals surface area contributed by atoms with Crippen molar-refractivity contribution >= 4 is 29.0 Å². The Hall–Kier alpha value is -3.04. The van der Waals surface area contributed by atoms with Crippen molar-refractivity contribution in [1.29, 1.82) is 0 Å². The number of thioether (sulfide) groups is 1. The van der Waals surface area contributed by atoms with Crippen LogP contribution in [0.5, 0.6) is 5.75 Å². The van der Waals surface area contributed by atoms with E-state index in [0.717, 1.165) is 27.8 Å². The van der Waals surface area contributed by atoms with Crippen LogP contribution in [0, 0.1) is 18.2 Å². The van der Waals surface area contributed by atoms with Gasteiger partial charge in [0.25, 0.3) is 11.1 Å². The quantitative estimate of drug-likeness (QED) is 0.590. The molecule has 4 nitrogen and oxygen atoms in total. The molecule has 0 aliphatic carbocycles. The minimum atomic E-state index is -0.380. The molecule has 2 amide bonds. The lowest BCUT2D eigenvalue weighted by Gasteiger charge is -2.07. The molecule has 6 heteroatoms. The van der Waals surface area contributed by atoms with E-state index in [-0.39, 0.29) is 23.5 Å². The molecule has 0 saturated carbocycles. The van der Waals surface area contributed by atoms with Gasteiger partial charge < -0.3 is 4.74 Å². The van der Waals surface area contributed by atoms with Crippen LogP contribution >= 0.6 is 11.8 Å². The normalized spacial score (nSPS) is 15.4. The molecule has 1 aliphatic heterocycles. The van der Waals surface area contributed by atoms with Crippen LogP contribution in [0.3, 0.4) is 0 Å². The fourth-order valence-corrected chi connectivity index (χ4v) is 3.12. The predicted molar refractivity (Wildman–Crippen MR) is 98.7 cm³/mol. The fourth-order valence-electron chi connectivity index (χ4n) is 2.29. The van der Waals surface area contributed by atoms with Crippen molar-refractivity contribution in [3.05, 3.63) is 70.4 Å². The zero-order valence-corrected chi connectivity index (χ0v) is 14.5. The van der Waals surface area contributed by atoms with Crippen molar-refractivity contribution in [1.82, 2.24) is 4.90 Å². The summed E-state index contributed by atoms with van der Waals surface area (Å²) in [5.41, 5.74) is 1.63. The first-order valence-corrected chi connectivity index (χ1v) is 8.54.